The van der Waals surface area contributed by atoms with Gasteiger partial charge in [-0.05, 0) is 57.4 Å². The number of hydrogen-bond acceptors (Lipinski definition) is 3. The van der Waals surface area contributed by atoms with Crippen LogP contribution in [0.3, 0.4) is 0 Å². The van der Waals surface area contributed by atoms with Gasteiger partial charge in [-0.1, -0.05) is 6.42 Å². The minimum atomic E-state index is -0.570. The molecule has 4 nitrogen and oxygen atoms in total. The molecule has 0 heterocycles. The Kier molecular flexibility index (Phi) is 4.23. The molecule has 0 spiro atoms. The molecule has 5 heteroatoms. The van der Waals surface area contributed by atoms with E-state index in [-0.39, 0.29) is 11.2 Å². The SMILES string of the molecule is CC(C)(C)OC(=O)Nc1ccc(F)c(C2(CN)CCC2)c1. The number of ether oxygens (including phenoxy) is 1. The average Bonchev–Trinajstić information content (AvgIpc) is 2.30. The van der Waals surface area contributed by atoms with Crippen LogP contribution in [0.15, 0.2) is 18.2 Å². The Morgan fingerprint density at radius 3 is 2.57 bits per heavy atom. The molecule has 1 aliphatic carbocycles. The van der Waals surface area contributed by atoms with Gasteiger partial charge >= 0.3 is 6.09 Å². The van der Waals surface area contributed by atoms with E-state index in [0.717, 1.165) is 19.3 Å². The number of hydrogen-bond donors (Lipinski definition) is 2. The first-order chi connectivity index (χ1) is 9.76. The highest BCUT2D eigenvalue weighted by atomic mass is 19.1. The van der Waals surface area contributed by atoms with Crippen LogP contribution in [-0.4, -0.2) is 18.2 Å². The summed E-state index contributed by atoms with van der Waals surface area (Å²) in [4.78, 5) is 11.8. The van der Waals surface area contributed by atoms with Crippen molar-refractivity contribution >= 4 is 11.8 Å². The van der Waals surface area contributed by atoms with Crippen LogP contribution in [0.1, 0.15) is 45.6 Å². The number of nitrogens with one attached hydrogen (secondary N) is 1. The summed E-state index contributed by atoms with van der Waals surface area (Å²) in [6, 6.07) is 4.58. The van der Waals surface area contributed by atoms with Crippen molar-refractivity contribution in [3.05, 3.63) is 29.6 Å². The number of amides is 1. The molecule has 1 aliphatic rings. The van der Waals surface area contributed by atoms with Gasteiger partial charge in [0.05, 0.1) is 0 Å². The molecule has 1 saturated carbocycles. The summed E-state index contributed by atoms with van der Waals surface area (Å²) in [5.74, 6) is -0.269. The molecular formula is C16H23FN2O2. The summed E-state index contributed by atoms with van der Waals surface area (Å²) in [7, 11) is 0. The molecule has 116 valence electrons. The summed E-state index contributed by atoms with van der Waals surface area (Å²) >= 11 is 0. The molecule has 1 fully saturated rings. The first kappa shape index (κ1) is 15.8. The van der Waals surface area contributed by atoms with Crippen LogP contribution in [0.5, 0.6) is 0 Å². The van der Waals surface area contributed by atoms with Gasteiger partial charge in [0.25, 0.3) is 0 Å². The quantitative estimate of drug-likeness (QED) is 0.896. The normalized spacial score (nSPS) is 17.0. The molecule has 1 aromatic rings. The van der Waals surface area contributed by atoms with Gasteiger partial charge < -0.3 is 10.5 Å². The second-order valence-corrected chi connectivity index (χ2v) is 6.66. The van der Waals surface area contributed by atoms with Crippen molar-refractivity contribution in [2.24, 2.45) is 5.73 Å². The fourth-order valence-electron chi connectivity index (χ4n) is 2.62. The number of anilines is 1. The van der Waals surface area contributed by atoms with Crippen molar-refractivity contribution in [3.63, 3.8) is 0 Å². The lowest BCUT2D eigenvalue weighted by Crippen LogP contribution is -2.42. The molecular weight excluding hydrogens is 271 g/mol. The fraction of sp³-hybridized carbons (Fsp3) is 0.562. The maximum atomic E-state index is 14.1. The molecule has 3 N–H and O–H groups in total. The zero-order chi connectivity index (χ0) is 15.7. The van der Waals surface area contributed by atoms with E-state index in [4.69, 9.17) is 10.5 Å². The highest BCUT2D eigenvalue weighted by Crippen LogP contribution is 2.44. The Morgan fingerprint density at radius 1 is 1.43 bits per heavy atom. The third-order valence-corrected chi connectivity index (χ3v) is 3.88. The van der Waals surface area contributed by atoms with Gasteiger partial charge in [-0.15, -0.1) is 0 Å². The molecule has 0 atom stereocenters. The third-order valence-electron chi connectivity index (χ3n) is 3.88. The average molecular weight is 294 g/mol. The zero-order valence-electron chi connectivity index (χ0n) is 12.8. The van der Waals surface area contributed by atoms with Gasteiger partial charge in [-0.25, -0.2) is 9.18 Å². The number of nitrogens with two attached hydrogens (primary N) is 1. The largest absolute Gasteiger partial charge is 0.444 e. The van der Waals surface area contributed by atoms with Crippen molar-refractivity contribution in [2.45, 2.75) is 51.0 Å². The van der Waals surface area contributed by atoms with Gasteiger partial charge in [0, 0.05) is 17.6 Å². The first-order valence-corrected chi connectivity index (χ1v) is 7.26. The number of carbonyl (C=O) groups excluding carboxylic acids is 1. The van der Waals surface area contributed by atoms with Crippen LogP contribution in [0.4, 0.5) is 14.9 Å². The third kappa shape index (κ3) is 3.53. The Morgan fingerprint density at radius 2 is 2.10 bits per heavy atom. The molecule has 0 radical (unpaired) electrons. The lowest BCUT2D eigenvalue weighted by Gasteiger charge is -2.41. The Hall–Kier alpha value is -1.62. The molecule has 2 rings (SSSR count). The number of carbonyl (C=O) groups is 1. The van der Waals surface area contributed by atoms with E-state index < -0.39 is 11.7 Å². The van der Waals surface area contributed by atoms with E-state index in [2.05, 4.69) is 5.32 Å². The Bertz CT molecular complexity index is 528. The summed E-state index contributed by atoms with van der Waals surface area (Å²) in [5, 5.41) is 2.64. The van der Waals surface area contributed by atoms with Gasteiger partial charge in [-0.3, -0.25) is 5.32 Å². The van der Waals surface area contributed by atoms with Crippen LogP contribution >= 0.6 is 0 Å². The van der Waals surface area contributed by atoms with Crippen molar-refractivity contribution in [1.29, 1.82) is 0 Å². The van der Waals surface area contributed by atoms with E-state index in [0.29, 0.717) is 17.8 Å². The molecule has 1 aromatic carbocycles. The van der Waals surface area contributed by atoms with Crippen LogP contribution in [-0.2, 0) is 10.2 Å². The first-order valence-electron chi connectivity index (χ1n) is 7.26. The van der Waals surface area contributed by atoms with Gasteiger partial charge in [0.15, 0.2) is 0 Å². The highest BCUT2D eigenvalue weighted by molar-refractivity contribution is 5.85. The number of rotatable bonds is 3. The second-order valence-electron chi connectivity index (χ2n) is 6.66. The van der Waals surface area contributed by atoms with Gasteiger partial charge in [0.2, 0.25) is 0 Å². The van der Waals surface area contributed by atoms with Crippen LogP contribution in [0, 0.1) is 5.82 Å². The van der Waals surface area contributed by atoms with Crippen molar-refractivity contribution < 1.29 is 13.9 Å². The maximum absolute atomic E-state index is 14.1. The molecule has 21 heavy (non-hydrogen) atoms. The van der Waals surface area contributed by atoms with E-state index >= 15 is 0 Å². The smallest absolute Gasteiger partial charge is 0.412 e. The Labute approximate surface area is 124 Å². The van der Waals surface area contributed by atoms with Crippen molar-refractivity contribution in [3.8, 4) is 0 Å². The second kappa shape index (κ2) is 5.64. The minimum Gasteiger partial charge on any atom is -0.444 e. The van der Waals surface area contributed by atoms with E-state index in [1.54, 1.807) is 26.8 Å². The summed E-state index contributed by atoms with van der Waals surface area (Å²) in [6.45, 7) is 5.79. The molecule has 0 bridgehead atoms. The number of benzene rings is 1. The van der Waals surface area contributed by atoms with Crippen molar-refractivity contribution in [1.82, 2.24) is 0 Å². The predicted molar refractivity (Wildman–Crippen MR) is 80.8 cm³/mol. The molecule has 0 aromatic heterocycles. The highest BCUT2D eigenvalue weighted by Gasteiger charge is 2.39. The number of halogens is 1. The van der Waals surface area contributed by atoms with E-state index in [9.17, 15) is 9.18 Å². The van der Waals surface area contributed by atoms with Crippen molar-refractivity contribution in [2.75, 3.05) is 11.9 Å². The standard InChI is InChI=1S/C16H23FN2O2/c1-15(2,3)21-14(20)19-11-5-6-13(17)12(9-11)16(10-18)7-4-8-16/h5-6,9H,4,7-8,10,18H2,1-3H3,(H,19,20). The monoisotopic (exact) mass is 294 g/mol. The molecule has 0 saturated heterocycles. The fourth-order valence-corrected chi connectivity index (χ4v) is 2.62. The topological polar surface area (TPSA) is 64.3 Å². The predicted octanol–water partition coefficient (Wildman–Crippen LogP) is 3.55. The van der Waals surface area contributed by atoms with E-state index in [1.165, 1.54) is 12.1 Å². The van der Waals surface area contributed by atoms with Gasteiger partial charge in [-0.2, -0.15) is 0 Å². The Balaban J connectivity index is 2.17. The molecule has 0 aliphatic heterocycles. The summed E-state index contributed by atoms with van der Waals surface area (Å²) in [5.41, 5.74) is 6.09. The van der Waals surface area contributed by atoms with E-state index in [1.807, 2.05) is 0 Å². The lowest BCUT2D eigenvalue weighted by molar-refractivity contribution is 0.0636. The maximum Gasteiger partial charge on any atom is 0.412 e. The summed E-state index contributed by atoms with van der Waals surface area (Å²) < 4.78 is 19.3. The van der Waals surface area contributed by atoms with Crippen LogP contribution in [0.25, 0.3) is 0 Å². The summed E-state index contributed by atoms with van der Waals surface area (Å²) in [6.07, 6.45) is 2.28. The molecule has 1 amide bonds. The lowest BCUT2D eigenvalue weighted by atomic mass is 9.64. The van der Waals surface area contributed by atoms with Crippen LogP contribution in [0.2, 0.25) is 0 Å². The van der Waals surface area contributed by atoms with Crippen LogP contribution < -0.4 is 11.1 Å². The minimum absolute atomic E-state index is 0.269. The molecule has 0 unspecified atom stereocenters. The van der Waals surface area contributed by atoms with Gasteiger partial charge in [0.1, 0.15) is 11.4 Å². The zero-order valence-corrected chi connectivity index (χ0v) is 12.8.